The maximum atomic E-state index is 12.6. The first kappa shape index (κ1) is 19.4. The van der Waals surface area contributed by atoms with Gasteiger partial charge in [-0.25, -0.2) is 9.97 Å². The molecule has 11 heteroatoms. The number of nitrogens with one attached hydrogen (secondary N) is 1. The second-order valence-electron chi connectivity index (χ2n) is 6.97. The van der Waals surface area contributed by atoms with E-state index in [9.17, 15) is 13.9 Å². The molecular formula is C18H22N6O4S. The predicted octanol–water partition coefficient (Wildman–Crippen LogP) is 2.12. The number of anilines is 1. The molecule has 4 rings (SSSR count). The monoisotopic (exact) mass is 418 g/mol. The van der Waals surface area contributed by atoms with Gasteiger partial charge >= 0.3 is 0 Å². The summed E-state index contributed by atoms with van der Waals surface area (Å²) in [6.07, 6.45) is 6.25. The fourth-order valence-electron chi connectivity index (χ4n) is 3.54. The van der Waals surface area contributed by atoms with Crippen LogP contribution in [0.25, 0.3) is 0 Å². The van der Waals surface area contributed by atoms with Crippen LogP contribution < -0.4 is 15.2 Å². The molecule has 5 N–H and O–H groups in total. The number of nitrogens with two attached hydrogens (primary N) is 1. The topological polar surface area (TPSA) is 146 Å². The highest BCUT2D eigenvalue weighted by atomic mass is 32.3. The molecule has 1 atom stereocenters. The van der Waals surface area contributed by atoms with Gasteiger partial charge in [0.1, 0.15) is 12.1 Å². The van der Waals surface area contributed by atoms with E-state index in [1.807, 2.05) is 0 Å². The van der Waals surface area contributed by atoms with Crippen LogP contribution in [-0.4, -0.2) is 55.4 Å². The third-order valence-corrected chi connectivity index (χ3v) is 5.79. The minimum Gasteiger partial charge on any atom is -0.492 e. The van der Waals surface area contributed by atoms with Crippen LogP contribution in [0.5, 0.6) is 5.75 Å². The van der Waals surface area contributed by atoms with Gasteiger partial charge in [-0.05, 0) is 35.9 Å². The van der Waals surface area contributed by atoms with Gasteiger partial charge in [0.05, 0.1) is 23.4 Å². The minimum absolute atomic E-state index is 0.0128. The fraction of sp³-hybridized carbons (Fsp3) is 0.333. The number of ether oxygens (including phenoxy) is 1. The van der Waals surface area contributed by atoms with E-state index in [2.05, 4.69) is 19.1 Å². The number of hydrogen-bond donors (Lipinski definition) is 4. The zero-order valence-corrected chi connectivity index (χ0v) is 16.4. The van der Waals surface area contributed by atoms with Crippen molar-refractivity contribution in [3.05, 3.63) is 48.0 Å². The number of hydrogen-bond acceptors (Lipinski definition) is 9. The predicted molar refractivity (Wildman–Crippen MR) is 110 cm³/mol. The van der Waals surface area contributed by atoms with Gasteiger partial charge in [-0.1, -0.05) is 6.07 Å². The number of nitrogens with zero attached hydrogens (tertiary/aromatic N) is 4. The number of amidine groups is 1. The van der Waals surface area contributed by atoms with Gasteiger partial charge in [-0.3, -0.25) is 18.6 Å². The third-order valence-electron chi connectivity index (χ3n) is 4.84. The molecule has 0 saturated carbocycles. The lowest BCUT2D eigenvalue weighted by Gasteiger charge is -2.34. The van der Waals surface area contributed by atoms with Gasteiger partial charge in [-0.2, -0.15) is 0 Å². The number of carbonyl (C=O) groups is 1. The van der Waals surface area contributed by atoms with E-state index in [0.717, 1.165) is 12.8 Å². The lowest BCUT2D eigenvalue weighted by molar-refractivity contribution is 0.0632. The van der Waals surface area contributed by atoms with E-state index in [1.165, 1.54) is 18.7 Å². The van der Waals surface area contributed by atoms with Crippen molar-refractivity contribution < 1.29 is 18.6 Å². The molecule has 0 bridgehead atoms. The van der Waals surface area contributed by atoms with Gasteiger partial charge in [0.15, 0.2) is 5.84 Å². The summed E-state index contributed by atoms with van der Waals surface area (Å²) in [4.78, 5) is 22.2. The van der Waals surface area contributed by atoms with Crippen LogP contribution in [0.1, 0.15) is 28.8 Å². The number of aromatic nitrogens is 2. The largest absolute Gasteiger partial charge is 0.492 e. The van der Waals surface area contributed by atoms with Crippen LogP contribution in [0.15, 0.2) is 41.3 Å². The Morgan fingerprint density at radius 2 is 2.14 bits per heavy atom. The smallest absolute Gasteiger partial charge is 0.257 e. The van der Waals surface area contributed by atoms with Crippen molar-refractivity contribution in [2.24, 2.45) is 16.0 Å². The Kier molecular flexibility index (Phi) is 5.26. The van der Waals surface area contributed by atoms with Crippen LogP contribution >= 0.6 is 11.0 Å². The maximum absolute atomic E-state index is 12.6. The van der Waals surface area contributed by atoms with Crippen molar-refractivity contribution in [2.45, 2.75) is 12.8 Å². The first-order valence-electron chi connectivity index (χ1n) is 9.15. The Labute approximate surface area is 169 Å². The molecule has 0 aliphatic carbocycles. The highest BCUT2D eigenvalue weighted by Crippen LogP contribution is 2.46. The Balaban J connectivity index is 1.43. The maximum Gasteiger partial charge on any atom is 0.257 e. The zero-order valence-electron chi connectivity index (χ0n) is 15.6. The van der Waals surface area contributed by atoms with E-state index >= 15 is 0 Å². The number of fused-ring (bicyclic) bond motifs is 1. The summed E-state index contributed by atoms with van der Waals surface area (Å²) in [5.74, 6) is 0.589. The van der Waals surface area contributed by atoms with Crippen LogP contribution in [-0.2, 0) is 0 Å². The lowest BCUT2D eigenvalue weighted by atomic mass is 9.98. The first-order chi connectivity index (χ1) is 13.9. The molecular weight excluding hydrogens is 396 g/mol. The number of likely N-dealkylation sites (tertiary alicyclic amines) is 1. The molecule has 2 aliphatic rings. The number of rotatable bonds is 4. The summed E-state index contributed by atoms with van der Waals surface area (Å²) >= 11 is 0. The molecule has 0 unspecified atom stereocenters. The summed E-state index contributed by atoms with van der Waals surface area (Å²) in [5.41, 5.74) is 7.36. The van der Waals surface area contributed by atoms with E-state index < -0.39 is 11.0 Å². The summed E-state index contributed by atoms with van der Waals surface area (Å²) in [6.45, 7) is 1.66. The molecule has 0 radical (unpaired) electrons. The SMILES string of the molecule is NC1=NS(O)(O)Nc2cccc(OC[C@H]3CCCN(C(=O)c4cncnc4)C3)c21. The van der Waals surface area contributed by atoms with E-state index in [-0.39, 0.29) is 17.7 Å². The molecule has 0 spiro atoms. The van der Waals surface area contributed by atoms with E-state index in [1.54, 1.807) is 23.1 Å². The molecule has 1 aromatic carbocycles. The Bertz CT molecular complexity index is 939. The Hall–Kier alpha value is -2.89. The molecule has 2 aliphatic heterocycles. The van der Waals surface area contributed by atoms with Crippen molar-refractivity contribution in [1.29, 1.82) is 0 Å². The van der Waals surface area contributed by atoms with Gasteiger partial charge in [0.2, 0.25) is 0 Å². The Morgan fingerprint density at radius 1 is 1.34 bits per heavy atom. The van der Waals surface area contributed by atoms with Crippen molar-refractivity contribution in [2.75, 3.05) is 24.4 Å². The number of amides is 1. The number of carbonyl (C=O) groups excluding carboxylic acids is 1. The lowest BCUT2D eigenvalue weighted by Crippen LogP contribution is -2.41. The van der Waals surface area contributed by atoms with Crippen molar-refractivity contribution in [3.8, 4) is 5.75 Å². The standard InChI is InChI=1S/C18H22N6O4S/c19-17-16-14(22-29(26,27)23-17)4-1-5-15(16)28-10-12-3-2-6-24(9-12)18(25)13-7-20-11-21-8-13/h1,4-5,7-8,11-12,22,26-27H,2-3,6,9-10H2,(H2,19,23)/t12-/m0/s1. The van der Waals surface area contributed by atoms with Gasteiger partial charge in [-0.15, -0.1) is 4.40 Å². The first-order valence-corrected chi connectivity index (χ1v) is 10.6. The average molecular weight is 418 g/mol. The third kappa shape index (κ3) is 4.26. The van der Waals surface area contributed by atoms with Crippen LogP contribution in [0.3, 0.4) is 0 Å². The van der Waals surface area contributed by atoms with E-state index in [4.69, 9.17) is 10.5 Å². The summed E-state index contributed by atoms with van der Waals surface area (Å²) in [5, 5.41) is 0. The highest BCUT2D eigenvalue weighted by molar-refractivity contribution is 8.24. The second-order valence-corrected chi connectivity index (χ2v) is 8.40. The van der Waals surface area contributed by atoms with Crippen LogP contribution in [0.2, 0.25) is 0 Å². The molecule has 1 fully saturated rings. The van der Waals surface area contributed by atoms with Crippen molar-refractivity contribution >= 4 is 28.4 Å². The zero-order chi connectivity index (χ0) is 20.4. The van der Waals surface area contributed by atoms with Crippen molar-refractivity contribution in [3.63, 3.8) is 0 Å². The quantitative estimate of drug-likeness (QED) is 0.590. The second kappa shape index (κ2) is 7.85. The normalized spacial score (nSPS) is 21.4. The Morgan fingerprint density at radius 3 is 2.93 bits per heavy atom. The molecule has 1 amide bonds. The average Bonchev–Trinajstić information content (AvgIpc) is 2.71. The van der Waals surface area contributed by atoms with Gasteiger partial charge < -0.3 is 15.4 Å². The molecule has 3 heterocycles. The fourth-order valence-corrected chi connectivity index (χ4v) is 4.42. The van der Waals surface area contributed by atoms with Crippen LogP contribution in [0.4, 0.5) is 5.69 Å². The van der Waals surface area contributed by atoms with Gasteiger partial charge in [0.25, 0.3) is 5.91 Å². The van der Waals surface area contributed by atoms with Crippen LogP contribution in [0, 0.1) is 5.92 Å². The molecule has 10 nitrogen and oxygen atoms in total. The van der Waals surface area contributed by atoms with Crippen molar-refractivity contribution in [1.82, 2.24) is 14.9 Å². The number of benzene rings is 1. The number of piperidine rings is 1. The molecule has 2 aromatic rings. The molecule has 1 aromatic heterocycles. The summed E-state index contributed by atoms with van der Waals surface area (Å²) in [6, 6.07) is 5.18. The van der Waals surface area contributed by atoms with Gasteiger partial charge in [0, 0.05) is 31.4 Å². The molecule has 154 valence electrons. The van der Waals surface area contributed by atoms with E-state index in [0.29, 0.717) is 42.3 Å². The highest BCUT2D eigenvalue weighted by Gasteiger charge is 2.28. The molecule has 1 saturated heterocycles. The molecule has 29 heavy (non-hydrogen) atoms. The summed E-state index contributed by atoms with van der Waals surface area (Å²) in [7, 11) is -3.34. The summed E-state index contributed by atoms with van der Waals surface area (Å²) < 4.78 is 31.8. The minimum atomic E-state index is -3.34.